The number of aromatic nitrogens is 3. The van der Waals surface area contributed by atoms with E-state index in [1.807, 2.05) is 0 Å². The summed E-state index contributed by atoms with van der Waals surface area (Å²) < 4.78 is 89.2. The number of fused-ring (bicyclic) bond motifs is 1. The van der Waals surface area contributed by atoms with Crippen molar-refractivity contribution in [3.63, 3.8) is 0 Å². The third-order valence-electron chi connectivity index (χ3n) is 6.08. The Kier molecular flexibility index (Phi) is 8.42. The summed E-state index contributed by atoms with van der Waals surface area (Å²) in [6.07, 6.45) is -10.1. The molecule has 0 aliphatic heterocycles. The van der Waals surface area contributed by atoms with Crippen molar-refractivity contribution in [1.82, 2.24) is 15.2 Å². The summed E-state index contributed by atoms with van der Waals surface area (Å²) in [4.78, 5) is 15.9. The Morgan fingerprint density at radius 1 is 0.791 bits per heavy atom. The van der Waals surface area contributed by atoms with Crippen molar-refractivity contribution in [3.05, 3.63) is 100 Å². The van der Waals surface area contributed by atoms with Gasteiger partial charge in [-0.15, -0.1) is 10.2 Å². The monoisotopic (exact) mass is 619 g/mol. The Labute approximate surface area is 243 Å². The molecule has 0 bridgehead atoms. The molecule has 5 aromatic rings. The van der Waals surface area contributed by atoms with E-state index in [1.54, 1.807) is 18.2 Å². The molecule has 14 heteroatoms. The number of halogens is 6. The molecule has 0 saturated heterocycles. The van der Waals surface area contributed by atoms with Crippen molar-refractivity contribution in [2.24, 2.45) is 0 Å². The van der Waals surface area contributed by atoms with Crippen LogP contribution in [-0.2, 0) is 12.4 Å². The molecule has 2 heterocycles. The molecule has 0 fully saturated rings. The molecule has 0 aliphatic carbocycles. The van der Waals surface area contributed by atoms with Crippen LogP contribution in [0.2, 0.25) is 0 Å². The quantitative estimate of drug-likeness (QED) is 0.114. The lowest BCUT2D eigenvalue weighted by atomic mass is 10.0. The van der Waals surface area contributed by atoms with Gasteiger partial charge in [0.2, 0.25) is 5.16 Å². The Bertz CT molecular complexity index is 1790. The Morgan fingerprint density at radius 2 is 1.37 bits per heavy atom. The maximum absolute atomic E-state index is 13.1. The van der Waals surface area contributed by atoms with Crippen molar-refractivity contribution in [1.29, 1.82) is 0 Å². The number of aliphatic hydroxyl groups is 1. The summed E-state index contributed by atoms with van der Waals surface area (Å²) in [5, 5.41) is 19.3. The highest BCUT2D eigenvalue weighted by molar-refractivity contribution is 7.99. The average molecular weight is 620 g/mol. The van der Waals surface area contributed by atoms with E-state index < -0.39 is 35.2 Å². The van der Waals surface area contributed by atoms with E-state index in [0.717, 1.165) is 36.0 Å². The SMILES string of the molecule is O=c1ccc2ccc(OCC(O)CSc3nnc(-c4ccc(C(F)(F)F)cc4)c(-c4ccc(C(F)(F)F)cc4)n3)cc2o1. The summed E-state index contributed by atoms with van der Waals surface area (Å²) in [5.74, 6) is 0.394. The number of benzene rings is 3. The maximum atomic E-state index is 13.1. The minimum Gasteiger partial charge on any atom is -0.491 e. The topological polar surface area (TPSA) is 98.3 Å². The number of hydrogen-bond acceptors (Lipinski definition) is 8. The minimum atomic E-state index is -4.57. The van der Waals surface area contributed by atoms with Crippen LogP contribution in [0.1, 0.15) is 11.1 Å². The van der Waals surface area contributed by atoms with E-state index in [4.69, 9.17) is 9.15 Å². The van der Waals surface area contributed by atoms with Crippen LogP contribution in [0.3, 0.4) is 0 Å². The van der Waals surface area contributed by atoms with Gasteiger partial charge < -0.3 is 14.3 Å². The fourth-order valence-electron chi connectivity index (χ4n) is 3.94. The van der Waals surface area contributed by atoms with Crippen LogP contribution >= 0.6 is 11.8 Å². The number of rotatable bonds is 8. The molecule has 0 spiro atoms. The van der Waals surface area contributed by atoms with E-state index in [0.29, 0.717) is 16.7 Å². The molecule has 1 N–H and O–H groups in total. The molecule has 5 rings (SSSR count). The van der Waals surface area contributed by atoms with Crippen LogP contribution in [0.15, 0.2) is 93.2 Å². The minimum absolute atomic E-state index is 0.0381. The van der Waals surface area contributed by atoms with Crippen LogP contribution in [0.25, 0.3) is 33.5 Å². The molecule has 0 saturated carbocycles. The second-order valence-corrected chi connectivity index (χ2v) is 10.2. The predicted octanol–water partition coefficient (Wildman–Crippen LogP) is 6.88. The standard InChI is InChI=1S/C29H19F6N3O4S/c30-28(31,32)19-7-1-17(2-8-19)25-26(18-3-9-20(10-4-18)29(33,34)35)37-38-27(36-25)43-15-21(39)14-41-22-11-5-16-6-12-24(40)42-23(16)13-22/h1-13,21,39H,14-15H2. The van der Waals surface area contributed by atoms with Crippen LogP contribution in [0.5, 0.6) is 5.75 Å². The fraction of sp³-hybridized carbons (Fsp3) is 0.172. The molecule has 0 aliphatic rings. The third-order valence-corrected chi connectivity index (χ3v) is 7.06. The van der Waals surface area contributed by atoms with Crippen LogP contribution in [0, 0.1) is 0 Å². The van der Waals surface area contributed by atoms with Gasteiger partial charge in [-0.1, -0.05) is 36.0 Å². The number of alkyl halides is 6. The molecule has 0 amide bonds. The van der Waals surface area contributed by atoms with Crippen molar-refractivity contribution < 1.29 is 40.6 Å². The lowest BCUT2D eigenvalue weighted by molar-refractivity contribution is -0.138. The zero-order valence-electron chi connectivity index (χ0n) is 21.7. The number of ether oxygens (including phenoxy) is 1. The van der Waals surface area contributed by atoms with E-state index in [1.165, 1.54) is 36.4 Å². The highest BCUT2D eigenvalue weighted by Crippen LogP contribution is 2.35. The molecular weight excluding hydrogens is 600 g/mol. The summed E-state index contributed by atoms with van der Waals surface area (Å²) in [6.45, 7) is -0.140. The summed E-state index contributed by atoms with van der Waals surface area (Å²) in [6, 6.07) is 15.9. The van der Waals surface area contributed by atoms with Gasteiger partial charge in [0, 0.05) is 34.4 Å². The van der Waals surface area contributed by atoms with Gasteiger partial charge in [0.15, 0.2) is 0 Å². The lowest BCUT2D eigenvalue weighted by Crippen LogP contribution is -2.20. The Morgan fingerprint density at radius 3 is 1.98 bits per heavy atom. The highest BCUT2D eigenvalue weighted by Gasteiger charge is 2.31. The van der Waals surface area contributed by atoms with Crippen LogP contribution in [0.4, 0.5) is 26.3 Å². The lowest BCUT2D eigenvalue weighted by Gasteiger charge is -2.14. The predicted molar refractivity (Wildman–Crippen MR) is 145 cm³/mol. The van der Waals surface area contributed by atoms with E-state index in [-0.39, 0.29) is 40.0 Å². The molecule has 0 radical (unpaired) electrons. The van der Waals surface area contributed by atoms with Crippen molar-refractivity contribution >= 4 is 22.7 Å². The average Bonchev–Trinajstić information content (AvgIpc) is 2.98. The first-order valence-electron chi connectivity index (χ1n) is 12.4. The molecule has 1 atom stereocenters. The van der Waals surface area contributed by atoms with E-state index >= 15 is 0 Å². The van der Waals surface area contributed by atoms with Crippen LogP contribution < -0.4 is 10.4 Å². The van der Waals surface area contributed by atoms with Crippen molar-refractivity contribution in [2.45, 2.75) is 23.6 Å². The van der Waals surface area contributed by atoms with Crippen molar-refractivity contribution in [2.75, 3.05) is 12.4 Å². The molecule has 1 unspecified atom stereocenters. The second-order valence-electron chi connectivity index (χ2n) is 9.17. The molecular formula is C29H19F6N3O4S. The molecule has 7 nitrogen and oxygen atoms in total. The van der Waals surface area contributed by atoms with Gasteiger partial charge in [-0.2, -0.15) is 26.3 Å². The van der Waals surface area contributed by atoms with Crippen molar-refractivity contribution in [3.8, 4) is 28.3 Å². The number of thioether (sulfide) groups is 1. The smallest absolute Gasteiger partial charge is 0.416 e. The maximum Gasteiger partial charge on any atom is 0.416 e. The van der Waals surface area contributed by atoms with Gasteiger partial charge in [-0.25, -0.2) is 9.78 Å². The van der Waals surface area contributed by atoms with Gasteiger partial charge in [0.05, 0.1) is 17.2 Å². The van der Waals surface area contributed by atoms with Gasteiger partial charge in [0.25, 0.3) is 0 Å². The first-order valence-corrected chi connectivity index (χ1v) is 13.4. The third kappa shape index (κ3) is 7.32. The Balaban J connectivity index is 1.34. The first kappa shape index (κ1) is 30.0. The van der Waals surface area contributed by atoms with E-state index in [9.17, 15) is 36.2 Å². The molecule has 222 valence electrons. The largest absolute Gasteiger partial charge is 0.491 e. The zero-order chi connectivity index (χ0) is 30.8. The molecule has 43 heavy (non-hydrogen) atoms. The number of nitrogens with zero attached hydrogens (tertiary/aromatic N) is 3. The summed E-state index contributed by atoms with van der Waals surface area (Å²) >= 11 is 0.991. The first-order chi connectivity index (χ1) is 20.4. The van der Waals surface area contributed by atoms with Gasteiger partial charge in [0.1, 0.15) is 29.3 Å². The number of hydrogen-bond donors (Lipinski definition) is 1. The summed E-state index contributed by atoms with van der Waals surface area (Å²) in [7, 11) is 0. The van der Waals surface area contributed by atoms with Gasteiger partial charge in [-0.3, -0.25) is 0 Å². The molecule has 3 aromatic carbocycles. The van der Waals surface area contributed by atoms with Gasteiger partial charge in [-0.05, 0) is 42.5 Å². The molecule has 2 aromatic heterocycles. The Hall–Kier alpha value is -4.43. The van der Waals surface area contributed by atoms with Crippen LogP contribution in [-0.4, -0.2) is 38.8 Å². The summed E-state index contributed by atoms with van der Waals surface area (Å²) in [5.41, 5.74) is -1.37. The van der Waals surface area contributed by atoms with E-state index in [2.05, 4.69) is 15.2 Å². The fourth-order valence-corrected chi connectivity index (χ4v) is 4.64. The second kappa shape index (κ2) is 12.1. The number of aliphatic hydroxyl groups excluding tert-OH is 1. The normalized spacial score (nSPS) is 12.8. The zero-order valence-corrected chi connectivity index (χ0v) is 22.5. The van der Waals surface area contributed by atoms with Gasteiger partial charge >= 0.3 is 18.0 Å². The highest BCUT2D eigenvalue weighted by atomic mass is 32.2.